The molecule has 2 rings (SSSR count). The molecule has 0 bridgehead atoms. The Balaban J connectivity index is 2.01. The van der Waals surface area contributed by atoms with Gasteiger partial charge in [0.15, 0.2) is 5.75 Å². The quantitative estimate of drug-likeness (QED) is 0.820. The fraction of sp³-hybridized carbons (Fsp3) is 0.538. The van der Waals surface area contributed by atoms with Crippen molar-refractivity contribution in [2.45, 2.75) is 42.7 Å². The van der Waals surface area contributed by atoms with E-state index in [0.717, 1.165) is 30.2 Å². The summed E-state index contributed by atoms with van der Waals surface area (Å²) in [5.74, 6) is 0.607. The van der Waals surface area contributed by atoms with Crippen LogP contribution in [0.15, 0.2) is 27.6 Å². The number of benzene rings is 1. The average Bonchev–Trinajstić information content (AvgIpc) is 2.41. The first-order chi connectivity index (χ1) is 9.10. The first-order valence-corrected chi connectivity index (χ1v) is 8.24. The third-order valence-electron chi connectivity index (χ3n) is 3.30. The summed E-state index contributed by atoms with van der Waals surface area (Å²) in [4.78, 5) is 0.650. The Labute approximate surface area is 125 Å². The highest BCUT2D eigenvalue weighted by atomic mass is 79.9. The number of nitrogens with one attached hydrogen (secondary N) is 1. The molecule has 6 heteroatoms. The molecule has 1 aromatic carbocycles. The molecule has 1 aliphatic rings. The van der Waals surface area contributed by atoms with Gasteiger partial charge in [-0.2, -0.15) is 0 Å². The van der Waals surface area contributed by atoms with Crippen molar-refractivity contribution in [2.24, 2.45) is 0 Å². The van der Waals surface area contributed by atoms with E-state index in [4.69, 9.17) is 4.74 Å². The highest BCUT2D eigenvalue weighted by molar-refractivity contribution is 9.10. The summed E-state index contributed by atoms with van der Waals surface area (Å²) >= 11 is 2.07. The normalized spacial score (nSPS) is 25.1. The lowest BCUT2D eigenvalue weighted by molar-refractivity contribution is 0.120. The highest BCUT2D eigenvalue weighted by Crippen LogP contribution is 2.28. The number of ether oxygens (including phenoxy) is 1. The minimum Gasteiger partial charge on any atom is -0.593 e. The molecule has 0 spiro atoms. The van der Waals surface area contributed by atoms with Crippen LogP contribution in [0.3, 0.4) is 0 Å². The van der Waals surface area contributed by atoms with Gasteiger partial charge in [-0.3, -0.25) is 0 Å². The predicted octanol–water partition coefficient (Wildman–Crippen LogP) is 2.37. The zero-order chi connectivity index (χ0) is 13.8. The maximum Gasteiger partial charge on any atom is 0.215 e. The first-order valence-electron chi connectivity index (χ1n) is 6.29. The van der Waals surface area contributed by atoms with Gasteiger partial charge < -0.3 is 14.4 Å². The molecule has 1 saturated carbocycles. The molecular formula is C13H18BrNO3S. The molecule has 19 heavy (non-hydrogen) atoms. The summed E-state index contributed by atoms with van der Waals surface area (Å²) in [6.07, 6.45) is 3.05. The van der Waals surface area contributed by atoms with E-state index >= 15 is 0 Å². The largest absolute Gasteiger partial charge is 0.593 e. The Bertz CT molecular complexity index is 424. The van der Waals surface area contributed by atoms with Gasteiger partial charge in [0.05, 0.1) is 30.6 Å². The van der Waals surface area contributed by atoms with Gasteiger partial charge in [0, 0.05) is 10.5 Å². The molecule has 0 aliphatic heterocycles. The van der Waals surface area contributed by atoms with Crippen LogP contribution in [0.2, 0.25) is 0 Å². The van der Waals surface area contributed by atoms with Gasteiger partial charge in [-0.1, -0.05) is 15.9 Å². The second kappa shape index (κ2) is 6.95. The number of hydrogen-bond donors (Lipinski definition) is 2. The minimum atomic E-state index is -1.29. The summed E-state index contributed by atoms with van der Waals surface area (Å²) in [6.45, 7) is 0. The van der Waals surface area contributed by atoms with E-state index in [1.54, 1.807) is 19.2 Å². The zero-order valence-electron chi connectivity index (χ0n) is 10.8. The lowest BCUT2D eigenvalue weighted by Gasteiger charge is -2.26. The minimum absolute atomic E-state index is 0.192. The smallest absolute Gasteiger partial charge is 0.215 e. The van der Waals surface area contributed by atoms with Crippen LogP contribution < -0.4 is 9.46 Å². The van der Waals surface area contributed by atoms with Crippen LogP contribution in [-0.2, 0) is 11.4 Å². The maximum absolute atomic E-state index is 12.3. The standard InChI is InChI=1S/C13H18BrNO3S/c1-18-12-8-9(14)2-7-13(12)19(17)15-10-3-5-11(16)6-4-10/h2,7-8,10-11,15-16H,3-6H2,1H3/t10-,11-,19?. The van der Waals surface area contributed by atoms with Crippen molar-refractivity contribution in [3.05, 3.63) is 22.7 Å². The van der Waals surface area contributed by atoms with Gasteiger partial charge in [0.1, 0.15) is 0 Å². The van der Waals surface area contributed by atoms with Crippen molar-refractivity contribution >= 4 is 27.3 Å². The summed E-state index contributed by atoms with van der Waals surface area (Å²) in [5.41, 5.74) is 0. The van der Waals surface area contributed by atoms with Crippen molar-refractivity contribution in [1.29, 1.82) is 0 Å². The van der Waals surface area contributed by atoms with Crippen molar-refractivity contribution < 1.29 is 14.4 Å². The lowest BCUT2D eigenvalue weighted by Crippen LogP contribution is -2.38. The van der Waals surface area contributed by atoms with Crippen LogP contribution in [-0.4, -0.2) is 28.9 Å². The zero-order valence-corrected chi connectivity index (χ0v) is 13.2. The van der Waals surface area contributed by atoms with Crippen LogP contribution in [0.25, 0.3) is 0 Å². The molecule has 2 N–H and O–H groups in total. The van der Waals surface area contributed by atoms with Crippen molar-refractivity contribution in [3.63, 3.8) is 0 Å². The summed E-state index contributed by atoms with van der Waals surface area (Å²) in [6, 6.07) is 5.64. The van der Waals surface area contributed by atoms with Crippen molar-refractivity contribution in [2.75, 3.05) is 7.11 Å². The fourth-order valence-electron chi connectivity index (χ4n) is 2.20. The molecule has 0 heterocycles. The van der Waals surface area contributed by atoms with Gasteiger partial charge in [0.2, 0.25) is 4.90 Å². The predicted molar refractivity (Wildman–Crippen MR) is 78.5 cm³/mol. The Hall–Kier alpha value is -0.270. The van der Waals surface area contributed by atoms with E-state index in [9.17, 15) is 9.66 Å². The van der Waals surface area contributed by atoms with Gasteiger partial charge in [-0.05, 0) is 37.8 Å². The van der Waals surface area contributed by atoms with Crippen LogP contribution in [0.4, 0.5) is 0 Å². The lowest BCUT2D eigenvalue weighted by atomic mass is 9.94. The molecule has 1 unspecified atom stereocenters. The van der Waals surface area contributed by atoms with Gasteiger partial charge in [-0.15, -0.1) is 4.72 Å². The monoisotopic (exact) mass is 347 g/mol. The number of aliphatic hydroxyl groups is 1. The first kappa shape index (κ1) is 15.1. The van der Waals surface area contributed by atoms with Gasteiger partial charge >= 0.3 is 0 Å². The molecule has 1 fully saturated rings. The van der Waals surface area contributed by atoms with E-state index in [1.165, 1.54) is 0 Å². The topological polar surface area (TPSA) is 64.5 Å². The van der Waals surface area contributed by atoms with Crippen LogP contribution in [0.5, 0.6) is 5.75 Å². The average molecular weight is 348 g/mol. The van der Waals surface area contributed by atoms with E-state index in [0.29, 0.717) is 10.6 Å². The van der Waals surface area contributed by atoms with E-state index in [2.05, 4.69) is 20.7 Å². The third kappa shape index (κ3) is 4.10. The van der Waals surface area contributed by atoms with Gasteiger partial charge in [0.25, 0.3) is 0 Å². The molecule has 1 aromatic rings. The Morgan fingerprint density at radius 1 is 1.37 bits per heavy atom. The SMILES string of the molecule is COc1cc(Br)ccc1[S+]([O-])N[C@H]1CC[C@H](O)CC1. The molecule has 0 aromatic heterocycles. The molecule has 4 nitrogen and oxygen atoms in total. The van der Waals surface area contributed by atoms with Crippen LogP contribution in [0.1, 0.15) is 25.7 Å². The molecule has 1 atom stereocenters. The second-order valence-corrected chi connectivity index (χ2v) is 6.82. The van der Waals surface area contributed by atoms with E-state index in [-0.39, 0.29) is 12.1 Å². The van der Waals surface area contributed by atoms with E-state index in [1.807, 2.05) is 6.07 Å². The van der Waals surface area contributed by atoms with Crippen molar-refractivity contribution in [1.82, 2.24) is 4.72 Å². The number of halogens is 1. The second-order valence-electron chi connectivity index (χ2n) is 4.69. The van der Waals surface area contributed by atoms with E-state index < -0.39 is 11.4 Å². The maximum atomic E-state index is 12.3. The number of rotatable bonds is 4. The number of aliphatic hydroxyl groups excluding tert-OH is 1. The Morgan fingerprint density at radius 2 is 2.05 bits per heavy atom. The highest BCUT2D eigenvalue weighted by Gasteiger charge is 2.26. The molecule has 0 radical (unpaired) electrons. The number of methoxy groups -OCH3 is 1. The summed E-state index contributed by atoms with van der Waals surface area (Å²) in [7, 11) is 1.57. The molecule has 106 valence electrons. The van der Waals surface area contributed by atoms with Crippen molar-refractivity contribution in [3.8, 4) is 5.75 Å². The Morgan fingerprint density at radius 3 is 2.68 bits per heavy atom. The molecule has 1 aliphatic carbocycles. The molecular weight excluding hydrogens is 330 g/mol. The van der Waals surface area contributed by atoms with Crippen LogP contribution in [0, 0.1) is 0 Å². The number of hydrogen-bond acceptors (Lipinski definition) is 4. The molecule has 0 amide bonds. The summed E-state index contributed by atoms with van der Waals surface area (Å²) in [5, 5.41) is 9.46. The Kier molecular flexibility index (Phi) is 5.53. The molecule has 0 saturated heterocycles. The fourth-order valence-corrected chi connectivity index (χ4v) is 3.73. The van der Waals surface area contributed by atoms with Crippen LogP contribution >= 0.6 is 15.9 Å². The third-order valence-corrected chi connectivity index (χ3v) is 5.07. The van der Waals surface area contributed by atoms with Gasteiger partial charge in [-0.25, -0.2) is 0 Å². The summed E-state index contributed by atoms with van der Waals surface area (Å²) < 4.78 is 21.6.